The van der Waals surface area contributed by atoms with Crippen LogP contribution in [0.5, 0.6) is 0 Å². The van der Waals surface area contributed by atoms with E-state index in [1.165, 1.54) is 0 Å². The number of pyridine rings is 1. The number of rotatable bonds is 1. The SMILES string of the molecule is [CH]1OC=CC=C1c1ccccn1. The summed E-state index contributed by atoms with van der Waals surface area (Å²) in [5, 5.41) is 0. The maximum atomic E-state index is 5.02. The second-order valence-corrected chi connectivity index (χ2v) is 2.42. The van der Waals surface area contributed by atoms with Crippen LogP contribution in [-0.2, 0) is 4.74 Å². The minimum atomic E-state index is 0.932. The van der Waals surface area contributed by atoms with Gasteiger partial charge in [0.1, 0.15) is 0 Å². The quantitative estimate of drug-likeness (QED) is 0.624. The molecule has 0 aliphatic carbocycles. The van der Waals surface area contributed by atoms with E-state index in [4.69, 9.17) is 4.74 Å². The first kappa shape index (κ1) is 7.10. The van der Waals surface area contributed by atoms with Crippen molar-refractivity contribution in [1.82, 2.24) is 4.98 Å². The lowest BCUT2D eigenvalue weighted by atomic mass is 10.1. The zero-order valence-corrected chi connectivity index (χ0v) is 6.47. The van der Waals surface area contributed by atoms with Crippen LogP contribution in [0.1, 0.15) is 5.69 Å². The lowest BCUT2D eigenvalue weighted by Crippen LogP contribution is -1.92. The van der Waals surface area contributed by atoms with Crippen molar-refractivity contribution in [3.05, 3.63) is 55.1 Å². The first-order valence-corrected chi connectivity index (χ1v) is 3.74. The Balaban J connectivity index is 2.31. The highest BCUT2D eigenvalue weighted by molar-refractivity contribution is 5.69. The van der Waals surface area contributed by atoms with Gasteiger partial charge in [-0.25, -0.2) is 0 Å². The molecule has 0 unspecified atom stereocenters. The standard InChI is InChI=1S/C10H8NO/c1-2-6-11-10(5-1)9-4-3-7-12-8-9/h1-8H. The van der Waals surface area contributed by atoms with E-state index in [2.05, 4.69) is 4.98 Å². The molecule has 2 nitrogen and oxygen atoms in total. The second kappa shape index (κ2) is 3.22. The van der Waals surface area contributed by atoms with E-state index >= 15 is 0 Å². The molecule has 1 aromatic rings. The zero-order valence-electron chi connectivity index (χ0n) is 6.47. The van der Waals surface area contributed by atoms with Crippen molar-refractivity contribution in [3.63, 3.8) is 0 Å². The molecule has 0 saturated carbocycles. The van der Waals surface area contributed by atoms with Crippen LogP contribution in [0.3, 0.4) is 0 Å². The van der Waals surface area contributed by atoms with Gasteiger partial charge in [-0.2, -0.15) is 0 Å². The molecule has 0 bridgehead atoms. The first-order valence-electron chi connectivity index (χ1n) is 3.74. The van der Waals surface area contributed by atoms with Crippen molar-refractivity contribution in [1.29, 1.82) is 0 Å². The molecule has 1 aliphatic heterocycles. The Morgan fingerprint density at radius 3 is 2.92 bits per heavy atom. The van der Waals surface area contributed by atoms with Crippen molar-refractivity contribution in [3.8, 4) is 0 Å². The number of nitrogens with zero attached hydrogens (tertiary/aromatic N) is 1. The van der Waals surface area contributed by atoms with Crippen LogP contribution in [0.4, 0.5) is 0 Å². The predicted octanol–water partition coefficient (Wildman–Crippen LogP) is 2.17. The number of hydrogen-bond donors (Lipinski definition) is 0. The van der Waals surface area contributed by atoms with Gasteiger partial charge in [0, 0.05) is 11.8 Å². The van der Waals surface area contributed by atoms with E-state index in [1.54, 1.807) is 19.1 Å². The molecule has 0 atom stereocenters. The van der Waals surface area contributed by atoms with Crippen LogP contribution in [0.2, 0.25) is 0 Å². The summed E-state index contributed by atoms with van der Waals surface area (Å²) in [5.41, 5.74) is 1.93. The summed E-state index contributed by atoms with van der Waals surface area (Å²) in [6.07, 6.45) is 7.21. The summed E-state index contributed by atoms with van der Waals surface area (Å²) in [5.74, 6) is 0. The molecule has 0 amide bonds. The topological polar surface area (TPSA) is 22.1 Å². The number of allylic oxidation sites excluding steroid dienone is 2. The van der Waals surface area contributed by atoms with Gasteiger partial charge in [0.25, 0.3) is 0 Å². The van der Waals surface area contributed by atoms with Crippen LogP contribution >= 0.6 is 0 Å². The van der Waals surface area contributed by atoms with Crippen molar-refractivity contribution >= 4 is 5.57 Å². The fourth-order valence-electron chi connectivity index (χ4n) is 1.02. The van der Waals surface area contributed by atoms with Crippen LogP contribution in [-0.4, -0.2) is 4.98 Å². The van der Waals surface area contributed by atoms with Gasteiger partial charge in [0.2, 0.25) is 0 Å². The monoisotopic (exact) mass is 158 g/mol. The maximum absolute atomic E-state index is 5.02. The van der Waals surface area contributed by atoms with Gasteiger partial charge in [0.15, 0.2) is 6.61 Å². The van der Waals surface area contributed by atoms with Gasteiger partial charge in [-0.15, -0.1) is 0 Å². The van der Waals surface area contributed by atoms with Crippen molar-refractivity contribution in [2.75, 3.05) is 0 Å². The summed E-state index contributed by atoms with van der Waals surface area (Å²) in [6, 6.07) is 5.80. The Bertz CT molecular complexity index is 314. The van der Waals surface area contributed by atoms with Crippen molar-refractivity contribution < 1.29 is 4.74 Å². The predicted molar refractivity (Wildman–Crippen MR) is 46.7 cm³/mol. The highest BCUT2D eigenvalue weighted by Crippen LogP contribution is 2.17. The largest absolute Gasteiger partial charge is 0.489 e. The summed E-state index contributed by atoms with van der Waals surface area (Å²) < 4.78 is 5.02. The summed E-state index contributed by atoms with van der Waals surface area (Å²) in [4.78, 5) is 4.19. The minimum absolute atomic E-state index is 0.932. The van der Waals surface area contributed by atoms with E-state index in [9.17, 15) is 0 Å². The number of ether oxygens (including phenoxy) is 1. The number of aromatic nitrogens is 1. The Hall–Kier alpha value is -1.57. The summed E-state index contributed by atoms with van der Waals surface area (Å²) in [7, 11) is 0. The molecule has 0 saturated heterocycles. The summed E-state index contributed by atoms with van der Waals surface area (Å²) >= 11 is 0. The Labute approximate surface area is 71.2 Å². The molecule has 2 heterocycles. The Kier molecular flexibility index (Phi) is 1.90. The normalized spacial score (nSPS) is 15.2. The molecule has 12 heavy (non-hydrogen) atoms. The van der Waals surface area contributed by atoms with E-state index < -0.39 is 0 Å². The zero-order chi connectivity index (χ0) is 8.23. The van der Waals surface area contributed by atoms with Crippen LogP contribution in [0.25, 0.3) is 5.57 Å². The Morgan fingerprint density at radius 1 is 1.25 bits per heavy atom. The minimum Gasteiger partial charge on any atom is -0.489 e. The van der Waals surface area contributed by atoms with Crippen molar-refractivity contribution in [2.45, 2.75) is 0 Å². The second-order valence-electron chi connectivity index (χ2n) is 2.42. The molecule has 0 N–H and O–H groups in total. The third-order valence-electron chi connectivity index (χ3n) is 1.59. The average Bonchev–Trinajstić information content (AvgIpc) is 2.21. The molecule has 1 aromatic heterocycles. The molecule has 2 heteroatoms. The third kappa shape index (κ3) is 1.37. The average molecular weight is 158 g/mol. The van der Waals surface area contributed by atoms with Crippen LogP contribution in [0, 0.1) is 6.61 Å². The maximum Gasteiger partial charge on any atom is 0.166 e. The van der Waals surface area contributed by atoms with Gasteiger partial charge in [0.05, 0.1) is 12.0 Å². The highest BCUT2D eigenvalue weighted by Gasteiger charge is 2.04. The molecule has 1 aliphatic rings. The van der Waals surface area contributed by atoms with E-state index in [1.807, 2.05) is 30.4 Å². The smallest absolute Gasteiger partial charge is 0.166 e. The van der Waals surface area contributed by atoms with E-state index in [0.29, 0.717) is 0 Å². The fourth-order valence-corrected chi connectivity index (χ4v) is 1.02. The Morgan fingerprint density at radius 2 is 2.25 bits per heavy atom. The molecule has 1 radical (unpaired) electrons. The molecule has 0 fully saturated rings. The third-order valence-corrected chi connectivity index (χ3v) is 1.59. The van der Waals surface area contributed by atoms with Crippen molar-refractivity contribution in [2.24, 2.45) is 0 Å². The fraction of sp³-hybridized carbons (Fsp3) is 0. The number of hydrogen-bond acceptors (Lipinski definition) is 2. The van der Waals surface area contributed by atoms with E-state index in [0.717, 1.165) is 11.3 Å². The molecule has 0 aromatic carbocycles. The molecular weight excluding hydrogens is 150 g/mol. The molecule has 59 valence electrons. The van der Waals surface area contributed by atoms with Gasteiger partial charge in [-0.05, 0) is 24.3 Å². The van der Waals surface area contributed by atoms with Gasteiger partial charge >= 0.3 is 0 Å². The molecule has 2 rings (SSSR count). The van der Waals surface area contributed by atoms with E-state index in [-0.39, 0.29) is 0 Å². The first-order chi connectivity index (χ1) is 5.97. The molecular formula is C10H8NO. The van der Waals surface area contributed by atoms with Crippen LogP contribution < -0.4 is 0 Å². The lowest BCUT2D eigenvalue weighted by molar-refractivity contribution is 0.359. The highest BCUT2D eigenvalue weighted by atomic mass is 16.5. The van der Waals surface area contributed by atoms with Crippen LogP contribution in [0.15, 0.2) is 42.8 Å². The van der Waals surface area contributed by atoms with Gasteiger partial charge < -0.3 is 4.74 Å². The summed E-state index contributed by atoms with van der Waals surface area (Å²) in [6.45, 7) is 1.68. The van der Waals surface area contributed by atoms with Gasteiger partial charge in [-0.1, -0.05) is 6.07 Å². The molecule has 0 spiro atoms. The lowest BCUT2D eigenvalue weighted by Gasteiger charge is -2.07. The van der Waals surface area contributed by atoms with Gasteiger partial charge in [-0.3, -0.25) is 4.98 Å².